The molecule has 0 atom stereocenters. The number of thiazole rings is 1. The maximum Gasteiger partial charge on any atom is 0.191 e. The summed E-state index contributed by atoms with van der Waals surface area (Å²) in [4.78, 5) is 10.1. The van der Waals surface area contributed by atoms with E-state index in [1.807, 2.05) is 12.4 Å². The number of hydrogen-bond donors (Lipinski definition) is 2. The molecule has 0 saturated heterocycles. The van der Waals surface area contributed by atoms with Crippen LogP contribution in [0.25, 0.3) is 0 Å². The van der Waals surface area contributed by atoms with Crippen molar-refractivity contribution >= 4 is 41.3 Å². The van der Waals surface area contributed by atoms with E-state index in [0.717, 1.165) is 31.3 Å². The molecule has 0 amide bonds. The van der Waals surface area contributed by atoms with E-state index < -0.39 is 0 Å². The molecule has 5 nitrogen and oxygen atoms in total. The highest BCUT2D eigenvalue weighted by Gasteiger charge is 2.12. The van der Waals surface area contributed by atoms with Crippen molar-refractivity contribution in [3.63, 3.8) is 0 Å². The third-order valence-electron chi connectivity index (χ3n) is 4.12. The van der Waals surface area contributed by atoms with Crippen molar-refractivity contribution < 1.29 is 4.74 Å². The molecule has 1 fully saturated rings. The third-order valence-corrected chi connectivity index (χ3v) is 5.04. The zero-order chi connectivity index (χ0) is 16.3. The van der Waals surface area contributed by atoms with Crippen molar-refractivity contribution in [3.05, 3.63) is 16.1 Å². The van der Waals surface area contributed by atoms with Crippen molar-refractivity contribution in [1.29, 1.82) is 0 Å². The summed E-state index contributed by atoms with van der Waals surface area (Å²) in [6.45, 7) is 7.18. The number of aryl methyl sites for hydroxylation is 1. The van der Waals surface area contributed by atoms with Crippen molar-refractivity contribution in [2.45, 2.75) is 65.0 Å². The Labute approximate surface area is 167 Å². The first-order valence-corrected chi connectivity index (χ1v) is 9.70. The second-order valence-electron chi connectivity index (χ2n) is 5.97. The molecule has 0 aliphatic heterocycles. The summed E-state index contributed by atoms with van der Waals surface area (Å²) < 4.78 is 6.01. The van der Waals surface area contributed by atoms with Gasteiger partial charge in [0.05, 0.1) is 30.5 Å². The number of aliphatic imine (C=N–C) groups is 1. The Morgan fingerprint density at radius 2 is 2.04 bits per heavy atom. The van der Waals surface area contributed by atoms with E-state index in [0.29, 0.717) is 12.6 Å². The van der Waals surface area contributed by atoms with E-state index in [2.05, 4.69) is 27.5 Å². The van der Waals surface area contributed by atoms with Gasteiger partial charge in [-0.15, -0.1) is 35.3 Å². The van der Waals surface area contributed by atoms with Gasteiger partial charge in [-0.25, -0.2) is 9.98 Å². The summed E-state index contributed by atoms with van der Waals surface area (Å²) in [7, 11) is 0. The fourth-order valence-corrected chi connectivity index (χ4v) is 3.47. The van der Waals surface area contributed by atoms with Crippen molar-refractivity contribution in [2.24, 2.45) is 4.99 Å². The van der Waals surface area contributed by atoms with Crippen molar-refractivity contribution in [3.8, 4) is 0 Å². The van der Waals surface area contributed by atoms with E-state index >= 15 is 0 Å². The van der Waals surface area contributed by atoms with Crippen LogP contribution < -0.4 is 10.6 Å². The molecule has 24 heavy (non-hydrogen) atoms. The van der Waals surface area contributed by atoms with Gasteiger partial charge in [0, 0.05) is 18.0 Å². The lowest BCUT2D eigenvalue weighted by atomic mass is 10.1. The maximum absolute atomic E-state index is 6.01. The molecule has 1 aliphatic carbocycles. The van der Waals surface area contributed by atoms with E-state index in [9.17, 15) is 0 Å². The quantitative estimate of drug-likeness (QED) is 0.211. The molecule has 2 N–H and O–H groups in total. The fraction of sp³-hybridized carbons (Fsp3) is 0.765. The van der Waals surface area contributed by atoms with Crippen LogP contribution in [0, 0.1) is 6.92 Å². The number of nitrogens with zero attached hydrogens (tertiary/aromatic N) is 2. The van der Waals surface area contributed by atoms with Crippen molar-refractivity contribution in [2.75, 3.05) is 19.7 Å². The molecule has 0 radical (unpaired) electrons. The van der Waals surface area contributed by atoms with E-state index in [4.69, 9.17) is 4.74 Å². The fourth-order valence-electron chi connectivity index (χ4n) is 2.77. The summed E-state index contributed by atoms with van der Waals surface area (Å²) in [5, 5.41) is 6.64. The Morgan fingerprint density at radius 3 is 2.67 bits per heavy atom. The highest BCUT2D eigenvalue weighted by molar-refractivity contribution is 14.0. The highest BCUT2D eigenvalue weighted by Crippen LogP contribution is 2.19. The second-order valence-corrected chi connectivity index (χ2v) is 6.91. The lowest BCUT2D eigenvalue weighted by Crippen LogP contribution is -2.39. The normalized spacial score (nSPS) is 16.3. The average Bonchev–Trinajstić information content (AvgIpc) is 2.80. The number of rotatable bonds is 7. The summed E-state index contributed by atoms with van der Waals surface area (Å²) in [6, 6.07) is 0. The van der Waals surface area contributed by atoms with Gasteiger partial charge in [-0.1, -0.05) is 25.7 Å². The zero-order valence-corrected chi connectivity index (χ0v) is 18.0. The summed E-state index contributed by atoms with van der Waals surface area (Å²) in [6.07, 6.45) is 8.27. The first-order valence-electron chi connectivity index (χ1n) is 8.82. The standard InChI is InChI=1S/C17H30N4OS.HI/c1-3-18-17(20-12-16-14(2)21-13-23-16)19-10-11-22-15-8-6-4-5-7-9-15;/h13,15H,3-12H2,1-2H3,(H2,18,19,20);1H. The minimum Gasteiger partial charge on any atom is -0.376 e. The zero-order valence-electron chi connectivity index (χ0n) is 14.8. The molecule has 1 saturated carbocycles. The van der Waals surface area contributed by atoms with Crippen LogP contribution in [0.3, 0.4) is 0 Å². The molecule has 1 heterocycles. The molecule has 1 aromatic rings. The Kier molecular flexibility index (Phi) is 11.6. The van der Waals surface area contributed by atoms with Crippen LogP contribution >= 0.6 is 35.3 Å². The van der Waals surface area contributed by atoms with E-state index in [1.54, 1.807) is 11.3 Å². The Balaban J connectivity index is 0.00000288. The number of hydrogen-bond acceptors (Lipinski definition) is 4. The van der Waals surface area contributed by atoms with Gasteiger partial charge in [0.1, 0.15) is 0 Å². The van der Waals surface area contributed by atoms with Crippen LogP contribution in [0.15, 0.2) is 10.5 Å². The molecule has 7 heteroatoms. The molecule has 0 bridgehead atoms. The summed E-state index contributed by atoms with van der Waals surface area (Å²) in [5.74, 6) is 0.852. The molecule has 138 valence electrons. The summed E-state index contributed by atoms with van der Waals surface area (Å²) in [5.41, 5.74) is 2.95. The molecular formula is C17H31IN4OS. The molecule has 0 unspecified atom stereocenters. The van der Waals surface area contributed by atoms with Gasteiger partial charge < -0.3 is 15.4 Å². The monoisotopic (exact) mass is 466 g/mol. The van der Waals surface area contributed by atoms with Gasteiger partial charge in [-0.05, 0) is 26.7 Å². The second kappa shape index (κ2) is 12.9. The van der Waals surface area contributed by atoms with Crippen molar-refractivity contribution in [1.82, 2.24) is 15.6 Å². The number of halogens is 1. The van der Waals surface area contributed by atoms with Gasteiger partial charge in [0.2, 0.25) is 0 Å². The SMILES string of the molecule is CCNC(=NCc1scnc1C)NCCOC1CCCCCC1.I. The number of nitrogens with one attached hydrogen (secondary N) is 2. The van der Waals surface area contributed by atoms with Gasteiger partial charge in [0.25, 0.3) is 0 Å². The predicted octanol–water partition coefficient (Wildman–Crippen LogP) is 3.86. The van der Waals surface area contributed by atoms with Gasteiger partial charge in [0.15, 0.2) is 5.96 Å². The topological polar surface area (TPSA) is 58.5 Å². The van der Waals surface area contributed by atoms with Crippen LogP contribution in [-0.2, 0) is 11.3 Å². The highest BCUT2D eigenvalue weighted by atomic mass is 127. The molecule has 1 aromatic heterocycles. The largest absolute Gasteiger partial charge is 0.376 e. The summed E-state index contributed by atoms with van der Waals surface area (Å²) >= 11 is 1.66. The number of guanidine groups is 1. The van der Waals surface area contributed by atoms with Crippen LogP contribution in [0.5, 0.6) is 0 Å². The minimum absolute atomic E-state index is 0. The number of aromatic nitrogens is 1. The molecular weight excluding hydrogens is 435 g/mol. The Hall–Kier alpha value is -0.410. The van der Waals surface area contributed by atoms with Crippen LogP contribution in [0.1, 0.15) is 56.0 Å². The third kappa shape index (κ3) is 8.11. The molecule has 1 aliphatic rings. The average molecular weight is 466 g/mol. The Morgan fingerprint density at radius 1 is 1.29 bits per heavy atom. The van der Waals surface area contributed by atoms with Crippen LogP contribution in [0.2, 0.25) is 0 Å². The van der Waals surface area contributed by atoms with Gasteiger partial charge in [-0.2, -0.15) is 0 Å². The maximum atomic E-state index is 6.01. The first kappa shape index (κ1) is 21.6. The molecule has 0 spiro atoms. The molecule has 2 rings (SSSR count). The van der Waals surface area contributed by atoms with Crippen LogP contribution in [-0.4, -0.2) is 36.7 Å². The van der Waals surface area contributed by atoms with Gasteiger partial charge in [-0.3, -0.25) is 0 Å². The lowest BCUT2D eigenvalue weighted by Gasteiger charge is -2.16. The smallest absolute Gasteiger partial charge is 0.191 e. The molecule has 0 aromatic carbocycles. The first-order chi connectivity index (χ1) is 11.3. The number of ether oxygens (including phenoxy) is 1. The predicted molar refractivity (Wildman–Crippen MR) is 113 cm³/mol. The minimum atomic E-state index is 0. The van der Waals surface area contributed by atoms with Crippen LogP contribution in [0.4, 0.5) is 0 Å². The van der Waals surface area contributed by atoms with Gasteiger partial charge >= 0.3 is 0 Å². The lowest BCUT2D eigenvalue weighted by molar-refractivity contribution is 0.0468. The van der Waals surface area contributed by atoms with E-state index in [1.165, 1.54) is 43.4 Å². The Bertz CT molecular complexity index is 473. The van der Waals surface area contributed by atoms with E-state index in [-0.39, 0.29) is 24.0 Å².